The number of hydrogen-bond acceptors (Lipinski definition) is 6. The number of nitrogens with two attached hydrogens (primary N) is 1. The minimum atomic E-state index is 0.128. The maximum Gasteiger partial charge on any atom is 0.234 e. The highest BCUT2D eigenvalue weighted by molar-refractivity contribution is 6.08. The predicted molar refractivity (Wildman–Crippen MR) is 160 cm³/mol. The summed E-state index contributed by atoms with van der Waals surface area (Å²) in [5.74, 6) is 0.128. The van der Waals surface area contributed by atoms with E-state index in [4.69, 9.17) is 15.7 Å². The number of rotatable bonds is 11. The average Bonchev–Trinajstić information content (AvgIpc) is 3.31. The zero-order chi connectivity index (χ0) is 27.3. The molecule has 3 N–H and O–H groups in total. The van der Waals surface area contributed by atoms with E-state index in [9.17, 15) is 4.79 Å². The number of carbonyl (C=O) groups is 1. The van der Waals surface area contributed by atoms with Gasteiger partial charge in [0.1, 0.15) is 0 Å². The lowest BCUT2D eigenvalue weighted by molar-refractivity contribution is -0.124. The van der Waals surface area contributed by atoms with E-state index in [1.807, 2.05) is 12.4 Å². The van der Waals surface area contributed by atoms with E-state index in [1.54, 1.807) is 0 Å². The molecule has 2 aliphatic rings. The smallest absolute Gasteiger partial charge is 0.234 e. The van der Waals surface area contributed by atoms with Crippen molar-refractivity contribution in [1.29, 1.82) is 0 Å². The van der Waals surface area contributed by atoms with Crippen LogP contribution in [-0.2, 0) is 24.3 Å². The molecule has 8 nitrogen and oxygen atoms in total. The second-order valence-corrected chi connectivity index (χ2v) is 11.2. The summed E-state index contributed by atoms with van der Waals surface area (Å²) in [4.78, 5) is 26.6. The fraction of sp³-hybridized carbons (Fsp3) is 0.469. The lowest BCUT2D eigenvalue weighted by atomic mass is 9.90. The van der Waals surface area contributed by atoms with Gasteiger partial charge in [0.25, 0.3) is 0 Å². The monoisotopic (exact) mass is 539 g/mol. The summed E-state index contributed by atoms with van der Waals surface area (Å²) in [5.41, 5.74) is 12.1. The van der Waals surface area contributed by atoms with Crippen molar-refractivity contribution in [3.05, 3.63) is 71.8 Å². The minimum absolute atomic E-state index is 0.128. The van der Waals surface area contributed by atoms with Gasteiger partial charge in [-0.05, 0) is 75.4 Å². The first-order chi connectivity index (χ1) is 19.7. The Morgan fingerprint density at radius 1 is 1.00 bits per heavy atom. The Morgan fingerprint density at radius 2 is 1.93 bits per heavy atom. The van der Waals surface area contributed by atoms with E-state index in [-0.39, 0.29) is 5.91 Å². The van der Waals surface area contributed by atoms with Crippen LogP contribution < -0.4 is 11.1 Å². The Hall–Kier alpha value is -3.33. The van der Waals surface area contributed by atoms with E-state index < -0.39 is 0 Å². The summed E-state index contributed by atoms with van der Waals surface area (Å²) in [6, 6.07) is 15.5. The van der Waals surface area contributed by atoms with Crippen LogP contribution in [0.25, 0.3) is 21.8 Å². The maximum absolute atomic E-state index is 11.9. The fourth-order valence-corrected chi connectivity index (χ4v) is 6.69. The summed E-state index contributed by atoms with van der Waals surface area (Å²) in [6.07, 6.45) is 10.4. The first-order valence-corrected chi connectivity index (χ1v) is 14.9. The second kappa shape index (κ2) is 12.5. The van der Waals surface area contributed by atoms with Crippen LogP contribution in [0.5, 0.6) is 0 Å². The summed E-state index contributed by atoms with van der Waals surface area (Å²) >= 11 is 0. The molecule has 0 unspecified atom stereocenters. The van der Waals surface area contributed by atoms with Crippen molar-refractivity contribution in [2.75, 3.05) is 39.3 Å². The molecule has 0 bridgehead atoms. The van der Waals surface area contributed by atoms with Gasteiger partial charge >= 0.3 is 0 Å². The number of pyridine rings is 2. The highest BCUT2D eigenvalue weighted by atomic mass is 16.2. The Morgan fingerprint density at radius 3 is 2.83 bits per heavy atom. The van der Waals surface area contributed by atoms with Gasteiger partial charge in [0.05, 0.1) is 29.5 Å². The number of amides is 1. The molecule has 1 fully saturated rings. The Kier molecular flexibility index (Phi) is 8.37. The number of aromatic nitrogens is 3. The molecule has 3 aromatic heterocycles. The van der Waals surface area contributed by atoms with Crippen LogP contribution in [0.3, 0.4) is 0 Å². The van der Waals surface area contributed by atoms with Crippen molar-refractivity contribution in [2.24, 2.45) is 5.73 Å². The highest BCUT2D eigenvalue weighted by Gasteiger charge is 2.28. The van der Waals surface area contributed by atoms with E-state index in [1.165, 1.54) is 39.5 Å². The molecular weight excluding hydrogens is 498 g/mol. The molecule has 1 atom stereocenters. The normalized spacial score (nSPS) is 17.9. The number of piperazine rings is 1. The molecule has 4 heterocycles. The van der Waals surface area contributed by atoms with Crippen LogP contribution in [-0.4, -0.2) is 69.5 Å². The summed E-state index contributed by atoms with van der Waals surface area (Å²) in [5, 5.41) is 5.47. The van der Waals surface area contributed by atoms with Crippen molar-refractivity contribution in [3.63, 3.8) is 0 Å². The number of unbranched alkanes of at least 4 members (excludes halogenated alkanes) is 1. The summed E-state index contributed by atoms with van der Waals surface area (Å²) in [6.45, 7) is 6.43. The molecule has 4 aromatic rings. The molecule has 6 rings (SSSR count). The predicted octanol–water partition coefficient (Wildman–Crippen LogP) is 4.02. The quantitative estimate of drug-likeness (QED) is 0.280. The van der Waals surface area contributed by atoms with Crippen molar-refractivity contribution >= 4 is 27.7 Å². The van der Waals surface area contributed by atoms with Crippen LogP contribution in [0, 0.1) is 0 Å². The van der Waals surface area contributed by atoms with Crippen molar-refractivity contribution in [1.82, 2.24) is 29.7 Å². The van der Waals surface area contributed by atoms with Gasteiger partial charge in [0.2, 0.25) is 5.91 Å². The average molecular weight is 540 g/mol. The largest absolute Gasteiger partial charge is 0.354 e. The maximum atomic E-state index is 11.9. The summed E-state index contributed by atoms with van der Waals surface area (Å²) in [7, 11) is 0. The number of hydrogen-bond donors (Lipinski definition) is 2. The molecule has 0 spiro atoms. The Labute approximate surface area is 236 Å². The molecular formula is C32H41N7O. The van der Waals surface area contributed by atoms with E-state index in [0.717, 1.165) is 77.1 Å². The number of benzene rings is 1. The molecule has 8 heteroatoms. The Bertz CT molecular complexity index is 1460. The fourth-order valence-electron chi connectivity index (χ4n) is 6.69. The molecule has 1 saturated heterocycles. The van der Waals surface area contributed by atoms with Crippen molar-refractivity contribution < 1.29 is 4.79 Å². The molecule has 1 aliphatic carbocycles. The molecule has 0 saturated carbocycles. The molecule has 40 heavy (non-hydrogen) atoms. The van der Waals surface area contributed by atoms with Gasteiger partial charge in [-0.3, -0.25) is 24.6 Å². The molecule has 1 aliphatic heterocycles. The topological polar surface area (TPSA) is 92.3 Å². The van der Waals surface area contributed by atoms with Crippen LogP contribution in [0.1, 0.15) is 55.1 Å². The van der Waals surface area contributed by atoms with E-state index >= 15 is 0 Å². The second-order valence-electron chi connectivity index (χ2n) is 11.2. The molecule has 1 aromatic carbocycles. The summed E-state index contributed by atoms with van der Waals surface area (Å²) < 4.78 is 2.47. The highest BCUT2D eigenvalue weighted by Crippen LogP contribution is 2.36. The number of nitrogens with one attached hydrogen (secondary N) is 1. The number of fused-ring (bicyclic) bond motifs is 4. The van der Waals surface area contributed by atoms with E-state index in [0.29, 0.717) is 19.1 Å². The molecule has 1 amide bonds. The van der Waals surface area contributed by atoms with Crippen molar-refractivity contribution in [2.45, 2.75) is 57.7 Å². The third-order valence-electron chi connectivity index (χ3n) is 8.59. The third-order valence-corrected chi connectivity index (χ3v) is 8.59. The first kappa shape index (κ1) is 26.9. The molecule has 0 radical (unpaired) electrons. The van der Waals surface area contributed by atoms with Crippen molar-refractivity contribution in [3.8, 4) is 0 Å². The van der Waals surface area contributed by atoms with Crippen LogP contribution in [0.4, 0.5) is 0 Å². The lowest BCUT2D eigenvalue weighted by Crippen LogP contribution is -2.47. The zero-order valence-electron chi connectivity index (χ0n) is 23.4. The van der Waals surface area contributed by atoms with Gasteiger partial charge in [0, 0.05) is 61.4 Å². The lowest BCUT2D eigenvalue weighted by Gasteiger charge is -2.35. The number of aryl methyl sites for hydroxylation is 2. The van der Waals surface area contributed by atoms with Gasteiger partial charge < -0.3 is 15.6 Å². The standard InChI is InChI=1S/C32H41N7O/c33-14-3-4-19-38(29-12-5-8-24-9-6-15-36-31(24)29)22-27-32-26(13-16-34-27)25-10-1-2-11-28(25)39(32)20-7-18-37-21-17-35-30(40)23-37/h1-2,6,9-11,13,15-16,29H,3-5,7-8,12,14,17-23,33H2,(H,35,40)/t29-/m0/s1. The third kappa shape index (κ3) is 5.61. The molecule has 210 valence electrons. The van der Waals surface area contributed by atoms with Gasteiger partial charge in [0.15, 0.2) is 0 Å². The van der Waals surface area contributed by atoms with Gasteiger partial charge in [-0.15, -0.1) is 0 Å². The van der Waals surface area contributed by atoms with E-state index in [2.05, 4.69) is 62.1 Å². The SMILES string of the molecule is NCCCCN(Cc1nccc2c3ccccc3n(CCCN3CCNC(=O)C3)c12)[C@H]1CCCc2cccnc21. The van der Waals surface area contributed by atoms with Gasteiger partial charge in [-0.1, -0.05) is 24.3 Å². The zero-order valence-corrected chi connectivity index (χ0v) is 23.4. The minimum Gasteiger partial charge on any atom is -0.354 e. The van der Waals surface area contributed by atoms with Crippen LogP contribution >= 0.6 is 0 Å². The van der Waals surface area contributed by atoms with Crippen LogP contribution in [0.15, 0.2) is 54.9 Å². The van der Waals surface area contributed by atoms with Gasteiger partial charge in [-0.25, -0.2) is 0 Å². The first-order valence-electron chi connectivity index (χ1n) is 14.9. The van der Waals surface area contributed by atoms with Crippen LogP contribution in [0.2, 0.25) is 0 Å². The van der Waals surface area contributed by atoms with Gasteiger partial charge in [-0.2, -0.15) is 0 Å². The number of carbonyl (C=O) groups excluding carboxylic acids is 1. The Balaban J connectivity index is 1.33. The number of nitrogens with zero attached hydrogens (tertiary/aromatic N) is 5. The number of para-hydroxylation sites is 1.